The van der Waals surface area contributed by atoms with Gasteiger partial charge in [-0.25, -0.2) is 0 Å². The molecule has 4 nitrogen and oxygen atoms in total. The van der Waals surface area contributed by atoms with Crippen LogP contribution in [0, 0.1) is 0 Å². The number of nitrogens with one attached hydrogen (secondary N) is 1. The van der Waals surface area contributed by atoms with E-state index in [1.165, 1.54) is 0 Å². The van der Waals surface area contributed by atoms with E-state index in [0.717, 1.165) is 12.2 Å². The van der Waals surface area contributed by atoms with Crippen LogP contribution in [0.15, 0.2) is 12.2 Å². The molecule has 0 saturated carbocycles. The van der Waals surface area contributed by atoms with Crippen LogP contribution in [0.3, 0.4) is 0 Å². The summed E-state index contributed by atoms with van der Waals surface area (Å²) in [7, 11) is 0. The molecule has 0 aromatic carbocycles. The Labute approximate surface area is 57.9 Å². The summed E-state index contributed by atoms with van der Waals surface area (Å²) in [5, 5.41) is 2.21. The summed E-state index contributed by atoms with van der Waals surface area (Å²) >= 11 is 0. The van der Waals surface area contributed by atoms with Gasteiger partial charge in [-0.05, 0) is 6.08 Å². The third-order valence-electron chi connectivity index (χ3n) is 0.686. The molecule has 0 rings (SSSR count). The molecule has 0 atom stereocenters. The van der Waals surface area contributed by atoms with E-state index in [4.69, 9.17) is 0 Å². The quantitative estimate of drug-likeness (QED) is 0.406. The van der Waals surface area contributed by atoms with Gasteiger partial charge in [0.25, 0.3) is 0 Å². The van der Waals surface area contributed by atoms with Crippen molar-refractivity contribution >= 4 is 18.5 Å². The summed E-state index contributed by atoms with van der Waals surface area (Å²) < 4.78 is 0. The van der Waals surface area contributed by atoms with Crippen molar-refractivity contribution in [3.05, 3.63) is 12.2 Å². The third-order valence-corrected chi connectivity index (χ3v) is 0.686. The standard InChI is InChI=1S/C6H7NO3/c8-4-1-2-6(10)7-3-5-9/h1-2,4-5H,3H2,(H,7,10)/b2-1-. The largest absolute Gasteiger partial charge is 0.346 e. The van der Waals surface area contributed by atoms with Gasteiger partial charge in [0.2, 0.25) is 5.91 Å². The van der Waals surface area contributed by atoms with Crippen LogP contribution >= 0.6 is 0 Å². The lowest BCUT2D eigenvalue weighted by atomic mass is 10.5. The van der Waals surface area contributed by atoms with Crippen LogP contribution in [0.5, 0.6) is 0 Å². The first-order valence-corrected chi connectivity index (χ1v) is 2.64. The lowest BCUT2D eigenvalue weighted by Crippen LogP contribution is -2.22. The number of carbonyl (C=O) groups excluding carboxylic acids is 3. The zero-order valence-electron chi connectivity index (χ0n) is 5.24. The average molecular weight is 141 g/mol. The molecule has 0 aliphatic heterocycles. The van der Waals surface area contributed by atoms with E-state index in [9.17, 15) is 14.4 Å². The van der Waals surface area contributed by atoms with Crippen molar-refractivity contribution in [3.8, 4) is 0 Å². The lowest BCUT2D eigenvalue weighted by molar-refractivity contribution is -0.118. The van der Waals surface area contributed by atoms with Crippen LogP contribution in [0.1, 0.15) is 0 Å². The van der Waals surface area contributed by atoms with Gasteiger partial charge in [0, 0.05) is 6.08 Å². The molecule has 0 saturated heterocycles. The van der Waals surface area contributed by atoms with Gasteiger partial charge in [0.15, 0.2) is 0 Å². The molecule has 0 aromatic rings. The summed E-state index contributed by atoms with van der Waals surface area (Å²) in [4.78, 5) is 29.8. The number of amides is 1. The molecule has 1 N–H and O–H groups in total. The fourth-order valence-corrected chi connectivity index (χ4v) is 0.328. The Morgan fingerprint density at radius 2 is 2.10 bits per heavy atom. The highest BCUT2D eigenvalue weighted by atomic mass is 16.2. The van der Waals surface area contributed by atoms with Gasteiger partial charge in [-0.1, -0.05) is 0 Å². The van der Waals surface area contributed by atoms with Crippen molar-refractivity contribution < 1.29 is 14.4 Å². The molecule has 0 unspecified atom stereocenters. The minimum absolute atomic E-state index is 0.0258. The van der Waals surface area contributed by atoms with Gasteiger partial charge in [0.1, 0.15) is 12.6 Å². The number of allylic oxidation sites excluding steroid dienone is 1. The molecular formula is C6H7NO3. The molecule has 10 heavy (non-hydrogen) atoms. The predicted molar refractivity (Wildman–Crippen MR) is 34.3 cm³/mol. The van der Waals surface area contributed by atoms with Gasteiger partial charge in [-0.15, -0.1) is 0 Å². The number of hydrogen-bond acceptors (Lipinski definition) is 3. The van der Waals surface area contributed by atoms with Crippen molar-refractivity contribution in [3.63, 3.8) is 0 Å². The van der Waals surface area contributed by atoms with E-state index >= 15 is 0 Å². The summed E-state index contributed by atoms with van der Waals surface area (Å²) in [6.45, 7) is -0.0258. The Morgan fingerprint density at radius 1 is 1.40 bits per heavy atom. The molecule has 0 heterocycles. The van der Waals surface area contributed by atoms with E-state index in [0.29, 0.717) is 12.6 Å². The Morgan fingerprint density at radius 3 is 2.60 bits per heavy atom. The summed E-state index contributed by atoms with van der Waals surface area (Å²) in [5.74, 6) is -0.445. The third kappa shape index (κ3) is 4.70. The first kappa shape index (κ1) is 8.55. The van der Waals surface area contributed by atoms with Crippen molar-refractivity contribution in [2.45, 2.75) is 0 Å². The molecule has 0 radical (unpaired) electrons. The molecule has 0 aliphatic rings. The highest BCUT2D eigenvalue weighted by Gasteiger charge is 1.89. The second-order valence-electron chi connectivity index (χ2n) is 1.41. The second kappa shape index (κ2) is 5.68. The van der Waals surface area contributed by atoms with Crippen molar-refractivity contribution in [2.75, 3.05) is 6.54 Å². The Balaban J connectivity index is 3.52. The fraction of sp³-hybridized carbons (Fsp3) is 0.167. The molecule has 0 aliphatic carbocycles. The van der Waals surface area contributed by atoms with Crippen LogP contribution in [0.25, 0.3) is 0 Å². The van der Waals surface area contributed by atoms with E-state index < -0.39 is 5.91 Å². The molecule has 1 amide bonds. The van der Waals surface area contributed by atoms with Crippen molar-refractivity contribution in [2.24, 2.45) is 0 Å². The predicted octanol–water partition coefficient (Wildman–Crippen LogP) is -0.943. The first-order valence-electron chi connectivity index (χ1n) is 2.64. The van der Waals surface area contributed by atoms with E-state index in [2.05, 4.69) is 5.32 Å². The minimum atomic E-state index is -0.445. The van der Waals surface area contributed by atoms with Crippen LogP contribution in [0.2, 0.25) is 0 Å². The number of hydrogen-bond donors (Lipinski definition) is 1. The van der Waals surface area contributed by atoms with Crippen LogP contribution in [-0.2, 0) is 14.4 Å². The molecular weight excluding hydrogens is 134 g/mol. The summed E-state index contributed by atoms with van der Waals surface area (Å²) in [6.07, 6.45) is 3.16. The number of carbonyl (C=O) groups is 3. The molecule has 54 valence electrons. The van der Waals surface area contributed by atoms with Gasteiger partial charge in [-0.2, -0.15) is 0 Å². The molecule has 0 aromatic heterocycles. The molecule has 0 fully saturated rings. The molecule has 0 bridgehead atoms. The van der Waals surface area contributed by atoms with Crippen molar-refractivity contribution in [1.82, 2.24) is 5.32 Å². The highest BCUT2D eigenvalue weighted by Crippen LogP contribution is 1.67. The number of rotatable bonds is 4. The lowest BCUT2D eigenvalue weighted by Gasteiger charge is -1.90. The minimum Gasteiger partial charge on any atom is -0.346 e. The summed E-state index contributed by atoms with van der Waals surface area (Å²) in [5.41, 5.74) is 0. The maximum absolute atomic E-state index is 10.4. The first-order chi connectivity index (χ1) is 4.81. The maximum Gasteiger partial charge on any atom is 0.244 e. The van der Waals surface area contributed by atoms with E-state index in [-0.39, 0.29) is 6.54 Å². The van der Waals surface area contributed by atoms with Gasteiger partial charge >= 0.3 is 0 Å². The van der Waals surface area contributed by atoms with Crippen LogP contribution in [0.4, 0.5) is 0 Å². The van der Waals surface area contributed by atoms with Crippen LogP contribution in [-0.4, -0.2) is 25.0 Å². The Hall–Kier alpha value is -1.45. The normalized spacial score (nSPS) is 9.20. The Bertz CT molecular complexity index is 162. The van der Waals surface area contributed by atoms with E-state index in [1.807, 2.05) is 0 Å². The highest BCUT2D eigenvalue weighted by molar-refractivity contribution is 5.91. The van der Waals surface area contributed by atoms with Crippen molar-refractivity contribution in [1.29, 1.82) is 0 Å². The van der Waals surface area contributed by atoms with Crippen LogP contribution < -0.4 is 5.32 Å². The molecule has 4 heteroatoms. The topological polar surface area (TPSA) is 63.2 Å². The number of aldehydes is 2. The van der Waals surface area contributed by atoms with Gasteiger partial charge in [-0.3, -0.25) is 9.59 Å². The second-order valence-corrected chi connectivity index (χ2v) is 1.41. The average Bonchev–Trinajstić information content (AvgIpc) is 1.97. The molecule has 0 spiro atoms. The maximum atomic E-state index is 10.4. The summed E-state index contributed by atoms with van der Waals surface area (Å²) in [6, 6.07) is 0. The van der Waals surface area contributed by atoms with E-state index in [1.54, 1.807) is 0 Å². The monoisotopic (exact) mass is 141 g/mol. The smallest absolute Gasteiger partial charge is 0.244 e. The van der Waals surface area contributed by atoms with Gasteiger partial charge < -0.3 is 10.1 Å². The fourth-order valence-electron chi connectivity index (χ4n) is 0.328. The van der Waals surface area contributed by atoms with Gasteiger partial charge in [0.05, 0.1) is 6.54 Å². The zero-order chi connectivity index (χ0) is 7.82. The SMILES string of the molecule is O=C/C=C\C(=O)NCC=O. The Kier molecular flexibility index (Phi) is 4.86. The zero-order valence-corrected chi connectivity index (χ0v) is 5.24.